The van der Waals surface area contributed by atoms with E-state index in [1.807, 2.05) is 0 Å². The van der Waals surface area contributed by atoms with Crippen LogP contribution in [0.4, 0.5) is 0 Å². The van der Waals surface area contributed by atoms with Gasteiger partial charge in [0.1, 0.15) is 4.90 Å². The number of ketones is 1. The SMILES string of the molecule is CC(C)(NS(=O)(=O)c1cc(Cl)ccc1Cl)C(=O)CC1C2CC3CC(C2)CC1C3. The van der Waals surface area contributed by atoms with Gasteiger partial charge < -0.3 is 0 Å². The molecule has 0 radical (unpaired) electrons. The van der Waals surface area contributed by atoms with Crippen molar-refractivity contribution in [1.29, 1.82) is 0 Å². The number of Topliss-reactive ketones (excluding diaryl/α,β-unsaturated/α-hetero) is 1. The van der Waals surface area contributed by atoms with Crippen LogP contribution in [0.1, 0.15) is 52.4 Å². The lowest BCUT2D eigenvalue weighted by molar-refractivity contribution is -0.128. The zero-order valence-electron chi connectivity index (χ0n) is 16.3. The first-order chi connectivity index (χ1) is 13.0. The van der Waals surface area contributed by atoms with Crippen LogP contribution in [-0.2, 0) is 14.8 Å². The second-order valence-corrected chi connectivity index (χ2v) is 12.0. The summed E-state index contributed by atoms with van der Waals surface area (Å²) in [5.74, 6) is 3.33. The van der Waals surface area contributed by atoms with Crippen LogP contribution in [-0.4, -0.2) is 19.7 Å². The van der Waals surface area contributed by atoms with Gasteiger partial charge in [0.25, 0.3) is 0 Å². The average Bonchev–Trinajstić information content (AvgIpc) is 2.58. The third kappa shape index (κ3) is 3.88. The lowest BCUT2D eigenvalue weighted by Gasteiger charge is -2.54. The van der Waals surface area contributed by atoms with Gasteiger partial charge in [0.15, 0.2) is 5.78 Å². The Bertz CT molecular complexity index is 869. The Morgan fingerprint density at radius 2 is 1.64 bits per heavy atom. The number of rotatable bonds is 6. The summed E-state index contributed by atoms with van der Waals surface area (Å²) < 4.78 is 28.3. The quantitative estimate of drug-likeness (QED) is 0.666. The van der Waals surface area contributed by atoms with E-state index in [2.05, 4.69) is 4.72 Å². The summed E-state index contributed by atoms with van der Waals surface area (Å²) in [5.41, 5.74) is -1.20. The van der Waals surface area contributed by atoms with Crippen LogP contribution < -0.4 is 4.72 Å². The third-order valence-corrected chi connectivity index (χ3v) is 9.49. The van der Waals surface area contributed by atoms with Crippen LogP contribution in [0.5, 0.6) is 0 Å². The smallest absolute Gasteiger partial charge is 0.242 e. The minimum absolute atomic E-state index is 0.0494. The van der Waals surface area contributed by atoms with Crippen LogP contribution >= 0.6 is 23.2 Å². The fourth-order valence-electron chi connectivity index (χ4n) is 5.97. The van der Waals surface area contributed by atoms with E-state index in [-0.39, 0.29) is 20.7 Å². The number of hydrogen-bond donors (Lipinski definition) is 1. The molecule has 4 fully saturated rings. The molecule has 4 nitrogen and oxygen atoms in total. The van der Waals surface area contributed by atoms with Gasteiger partial charge in [0, 0.05) is 11.4 Å². The highest BCUT2D eigenvalue weighted by Gasteiger charge is 2.49. The van der Waals surface area contributed by atoms with E-state index in [1.54, 1.807) is 13.8 Å². The summed E-state index contributed by atoms with van der Waals surface area (Å²) >= 11 is 12.0. The van der Waals surface area contributed by atoms with Gasteiger partial charge in [0.2, 0.25) is 10.0 Å². The highest BCUT2D eigenvalue weighted by molar-refractivity contribution is 7.89. The molecule has 0 spiro atoms. The number of hydrogen-bond acceptors (Lipinski definition) is 3. The molecule has 0 saturated heterocycles. The molecule has 4 aliphatic rings. The van der Waals surface area contributed by atoms with Crippen molar-refractivity contribution < 1.29 is 13.2 Å². The molecular weight excluding hydrogens is 417 g/mol. The maximum absolute atomic E-state index is 13.1. The third-order valence-electron chi connectivity index (χ3n) is 7.11. The van der Waals surface area contributed by atoms with E-state index in [0.717, 1.165) is 11.8 Å². The van der Waals surface area contributed by atoms with Gasteiger partial charge in [-0.3, -0.25) is 4.79 Å². The molecule has 4 aliphatic carbocycles. The molecule has 154 valence electrons. The van der Waals surface area contributed by atoms with E-state index in [9.17, 15) is 13.2 Å². The molecular formula is C21H27Cl2NO3S. The summed E-state index contributed by atoms with van der Waals surface area (Å²) in [6, 6.07) is 4.29. The van der Waals surface area contributed by atoms with Crippen LogP contribution in [0, 0.1) is 29.6 Å². The molecule has 0 amide bonds. The number of halogens is 2. The molecule has 0 heterocycles. The van der Waals surface area contributed by atoms with Crippen molar-refractivity contribution in [3.63, 3.8) is 0 Å². The summed E-state index contributed by atoms with van der Waals surface area (Å²) in [6.07, 6.45) is 6.81. The Labute approximate surface area is 177 Å². The lowest BCUT2D eigenvalue weighted by atomic mass is 9.51. The second kappa shape index (κ2) is 7.26. The molecule has 0 unspecified atom stereocenters. The zero-order chi connectivity index (χ0) is 20.3. The first kappa shape index (κ1) is 20.6. The van der Waals surface area contributed by atoms with E-state index in [1.165, 1.54) is 50.3 Å². The van der Waals surface area contributed by atoms with Gasteiger partial charge >= 0.3 is 0 Å². The van der Waals surface area contributed by atoms with Crippen LogP contribution in [0.2, 0.25) is 10.0 Å². The number of sulfonamides is 1. The van der Waals surface area contributed by atoms with E-state index in [4.69, 9.17) is 23.2 Å². The summed E-state index contributed by atoms with van der Waals surface area (Å²) in [6.45, 7) is 3.28. The number of benzene rings is 1. The van der Waals surface area contributed by atoms with Crippen LogP contribution in [0.15, 0.2) is 23.1 Å². The van der Waals surface area contributed by atoms with Crippen LogP contribution in [0.25, 0.3) is 0 Å². The Morgan fingerprint density at radius 3 is 2.21 bits per heavy atom. The molecule has 4 bridgehead atoms. The molecule has 5 rings (SSSR count). The fourth-order valence-corrected chi connectivity index (χ4v) is 8.13. The van der Waals surface area contributed by atoms with E-state index in [0.29, 0.717) is 24.2 Å². The summed E-state index contributed by atoms with van der Waals surface area (Å²) in [7, 11) is -3.96. The maximum Gasteiger partial charge on any atom is 0.242 e. The molecule has 0 aliphatic heterocycles. The number of carbonyl (C=O) groups is 1. The molecule has 0 atom stereocenters. The lowest BCUT2D eigenvalue weighted by Crippen LogP contribution is -2.52. The van der Waals surface area contributed by atoms with E-state index < -0.39 is 15.6 Å². The van der Waals surface area contributed by atoms with Gasteiger partial charge in [-0.15, -0.1) is 0 Å². The number of nitrogens with one attached hydrogen (secondary N) is 1. The zero-order valence-corrected chi connectivity index (χ0v) is 18.6. The maximum atomic E-state index is 13.1. The molecule has 1 aromatic rings. The van der Waals surface area contributed by atoms with E-state index >= 15 is 0 Å². The normalized spacial score (nSPS) is 31.9. The fraction of sp³-hybridized carbons (Fsp3) is 0.667. The largest absolute Gasteiger partial charge is 0.298 e. The molecule has 7 heteroatoms. The van der Waals surface area contributed by atoms with Crippen molar-refractivity contribution in [2.24, 2.45) is 29.6 Å². The predicted molar refractivity (Wildman–Crippen MR) is 111 cm³/mol. The highest BCUT2D eigenvalue weighted by Crippen LogP contribution is 2.57. The molecule has 0 aromatic heterocycles. The minimum Gasteiger partial charge on any atom is -0.298 e. The van der Waals surface area contributed by atoms with Gasteiger partial charge in [-0.1, -0.05) is 23.2 Å². The topological polar surface area (TPSA) is 63.2 Å². The highest BCUT2D eigenvalue weighted by atomic mass is 35.5. The Kier molecular flexibility index (Phi) is 5.35. The Hall–Kier alpha value is -0.620. The van der Waals surface area contributed by atoms with Gasteiger partial charge in [-0.25, -0.2) is 8.42 Å². The monoisotopic (exact) mass is 443 g/mol. The molecule has 4 saturated carbocycles. The van der Waals surface area contributed by atoms with Crippen LogP contribution in [0.3, 0.4) is 0 Å². The first-order valence-electron chi connectivity index (χ1n) is 10.1. The molecule has 1 aromatic carbocycles. The van der Waals surface area contributed by atoms with Crippen molar-refractivity contribution in [2.75, 3.05) is 0 Å². The van der Waals surface area contributed by atoms with Crippen molar-refractivity contribution >= 4 is 39.0 Å². The standard InChI is InChI=1S/C21H27Cl2NO3S/c1-21(2,24-28(26,27)19-10-16(22)3-4-18(19)23)20(25)11-17-14-6-12-5-13(8-14)9-15(17)7-12/h3-4,10,12-15,17,24H,5-9,11H2,1-2H3. The summed E-state index contributed by atoms with van der Waals surface area (Å²) in [4.78, 5) is 13.0. The van der Waals surface area contributed by atoms with Gasteiger partial charge in [-0.05, 0) is 93.7 Å². The van der Waals surface area contributed by atoms with Crippen molar-refractivity contribution in [3.8, 4) is 0 Å². The minimum atomic E-state index is -3.96. The predicted octanol–water partition coefficient (Wildman–Crippen LogP) is 5.08. The van der Waals surface area contributed by atoms with Gasteiger partial charge in [-0.2, -0.15) is 4.72 Å². The molecule has 28 heavy (non-hydrogen) atoms. The van der Waals surface area contributed by atoms with Crippen molar-refractivity contribution in [3.05, 3.63) is 28.2 Å². The average molecular weight is 444 g/mol. The first-order valence-corrected chi connectivity index (χ1v) is 12.3. The Morgan fingerprint density at radius 1 is 1.07 bits per heavy atom. The molecule has 1 N–H and O–H groups in total. The second-order valence-electron chi connectivity index (χ2n) is 9.53. The van der Waals surface area contributed by atoms with Crippen molar-refractivity contribution in [1.82, 2.24) is 4.72 Å². The van der Waals surface area contributed by atoms with Crippen molar-refractivity contribution in [2.45, 2.75) is 62.8 Å². The summed E-state index contributed by atoms with van der Waals surface area (Å²) in [5, 5.41) is 0.365. The Balaban J connectivity index is 1.48. The van der Waals surface area contributed by atoms with Gasteiger partial charge in [0.05, 0.1) is 10.6 Å². The number of carbonyl (C=O) groups excluding carboxylic acids is 1.